The summed E-state index contributed by atoms with van der Waals surface area (Å²) >= 11 is 1.33. The largest absolute Gasteiger partial charge is 0.281 e. The van der Waals surface area contributed by atoms with Gasteiger partial charge in [0.05, 0.1) is 5.69 Å². The highest BCUT2D eigenvalue weighted by Gasteiger charge is 2.36. The first-order chi connectivity index (χ1) is 11.5. The number of thiazole rings is 1. The van der Waals surface area contributed by atoms with E-state index in [0.29, 0.717) is 10.6 Å². The number of hydrogen-bond acceptors (Lipinski definition) is 4. The van der Waals surface area contributed by atoms with Crippen molar-refractivity contribution in [3.63, 3.8) is 0 Å². The SMILES string of the molecule is Cc1nc(-c2ccccc2)sc1C(=O)NNC(=O)C1(C)CCCC1. The second-order valence-electron chi connectivity index (χ2n) is 6.48. The standard InChI is InChI=1S/C18H21N3O2S/c1-12-14(24-16(19-12)13-8-4-3-5-9-13)15(22)20-21-17(23)18(2)10-6-7-11-18/h3-5,8-9H,6-7,10-11H2,1-2H3,(H,20,22)(H,21,23). The Bertz CT molecular complexity index is 749. The second-order valence-corrected chi connectivity index (χ2v) is 7.47. The van der Waals surface area contributed by atoms with Crippen LogP contribution in [0.3, 0.4) is 0 Å². The number of carbonyl (C=O) groups is 2. The number of hydrazine groups is 1. The van der Waals surface area contributed by atoms with Gasteiger partial charge in [-0.15, -0.1) is 11.3 Å². The van der Waals surface area contributed by atoms with Crippen LogP contribution in [0.5, 0.6) is 0 Å². The minimum Gasteiger partial charge on any atom is -0.273 e. The van der Waals surface area contributed by atoms with Gasteiger partial charge in [0.1, 0.15) is 9.88 Å². The van der Waals surface area contributed by atoms with Crippen molar-refractivity contribution in [2.75, 3.05) is 0 Å². The smallest absolute Gasteiger partial charge is 0.273 e. The van der Waals surface area contributed by atoms with Crippen molar-refractivity contribution in [2.45, 2.75) is 39.5 Å². The van der Waals surface area contributed by atoms with Gasteiger partial charge in [-0.2, -0.15) is 0 Å². The Hall–Kier alpha value is -2.21. The molecule has 1 aromatic heterocycles. The summed E-state index contributed by atoms with van der Waals surface area (Å²) in [6.07, 6.45) is 3.86. The minimum atomic E-state index is -0.370. The van der Waals surface area contributed by atoms with Crippen molar-refractivity contribution < 1.29 is 9.59 Å². The summed E-state index contributed by atoms with van der Waals surface area (Å²) in [4.78, 5) is 29.6. The topological polar surface area (TPSA) is 71.1 Å². The first kappa shape index (κ1) is 16.6. The van der Waals surface area contributed by atoms with E-state index in [1.807, 2.05) is 37.3 Å². The Morgan fingerprint density at radius 1 is 1.12 bits per heavy atom. The van der Waals surface area contributed by atoms with Crippen molar-refractivity contribution in [3.8, 4) is 10.6 Å². The average molecular weight is 343 g/mol. The fraction of sp³-hybridized carbons (Fsp3) is 0.389. The van der Waals surface area contributed by atoms with Crippen molar-refractivity contribution in [3.05, 3.63) is 40.9 Å². The van der Waals surface area contributed by atoms with Crippen LogP contribution in [-0.4, -0.2) is 16.8 Å². The van der Waals surface area contributed by atoms with Crippen LogP contribution in [0.1, 0.15) is 48.0 Å². The highest BCUT2D eigenvalue weighted by Crippen LogP contribution is 2.37. The molecule has 0 radical (unpaired) electrons. The minimum absolute atomic E-state index is 0.112. The van der Waals surface area contributed by atoms with E-state index in [1.54, 1.807) is 6.92 Å². The molecule has 3 rings (SSSR count). The van der Waals surface area contributed by atoms with Crippen molar-refractivity contribution >= 4 is 23.2 Å². The van der Waals surface area contributed by atoms with E-state index in [4.69, 9.17) is 0 Å². The van der Waals surface area contributed by atoms with Crippen LogP contribution in [0.15, 0.2) is 30.3 Å². The van der Waals surface area contributed by atoms with Gasteiger partial charge in [0.15, 0.2) is 0 Å². The fourth-order valence-corrected chi connectivity index (χ4v) is 3.98. The maximum atomic E-state index is 12.4. The van der Waals surface area contributed by atoms with Gasteiger partial charge in [0.2, 0.25) is 5.91 Å². The molecule has 2 amide bonds. The molecular formula is C18H21N3O2S. The first-order valence-electron chi connectivity index (χ1n) is 8.13. The predicted molar refractivity (Wildman–Crippen MR) is 94.5 cm³/mol. The average Bonchev–Trinajstić information content (AvgIpc) is 3.20. The van der Waals surface area contributed by atoms with Crippen molar-refractivity contribution in [1.29, 1.82) is 0 Å². The van der Waals surface area contributed by atoms with Gasteiger partial charge < -0.3 is 0 Å². The maximum absolute atomic E-state index is 12.4. The number of rotatable bonds is 3. The lowest BCUT2D eigenvalue weighted by atomic mass is 9.88. The number of nitrogens with zero attached hydrogens (tertiary/aromatic N) is 1. The molecule has 0 spiro atoms. The van der Waals surface area contributed by atoms with Crippen molar-refractivity contribution in [1.82, 2.24) is 15.8 Å². The Kier molecular flexibility index (Phi) is 4.66. The van der Waals surface area contributed by atoms with Crippen LogP contribution in [0.4, 0.5) is 0 Å². The van der Waals surface area contributed by atoms with E-state index in [2.05, 4.69) is 15.8 Å². The third-order valence-corrected chi connectivity index (χ3v) is 5.77. The molecule has 24 heavy (non-hydrogen) atoms. The van der Waals surface area contributed by atoms with E-state index in [-0.39, 0.29) is 17.2 Å². The molecular weight excluding hydrogens is 322 g/mol. The van der Waals surface area contributed by atoms with Crippen LogP contribution < -0.4 is 10.9 Å². The zero-order valence-electron chi connectivity index (χ0n) is 13.9. The van der Waals surface area contributed by atoms with Crippen LogP contribution in [0.2, 0.25) is 0 Å². The predicted octanol–water partition coefficient (Wildman–Crippen LogP) is 3.46. The summed E-state index contributed by atoms with van der Waals surface area (Å²) in [5, 5.41) is 0.798. The summed E-state index contributed by atoms with van der Waals surface area (Å²) in [7, 11) is 0. The summed E-state index contributed by atoms with van der Waals surface area (Å²) in [6.45, 7) is 3.75. The molecule has 1 fully saturated rings. The van der Waals surface area contributed by atoms with Gasteiger partial charge >= 0.3 is 0 Å². The van der Waals surface area contributed by atoms with Crippen molar-refractivity contribution in [2.24, 2.45) is 5.41 Å². The molecule has 1 aliphatic carbocycles. The lowest BCUT2D eigenvalue weighted by molar-refractivity contribution is -0.130. The molecule has 0 aliphatic heterocycles. The summed E-state index contributed by atoms with van der Waals surface area (Å²) in [5.41, 5.74) is 6.39. The third-order valence-electron chi connectivity index (χ3n) is 4.57. The fourth-order valence-electron chi connectivity index (χ4n) is 3.01. The van der Waals surface area contributed by atoms with E-state index >= 15 is 0 Å². The van der Waals surface area contributed by atoms with Crippen LogP contribution in [0, 0.1) is 12.3 Å². The number of hydrogen-bond donors (Lipinski definition) is 2. The third kappa shape index (κ3) is 3.33. The van der Waals surface area contributed by atoms with Gasteiger partial charge in [0, 0.05) is 11.0 Å². The molecule has 6 heteroatoms. The lowest BCUT2D eigenvalue weighted by Crippen LogP contribution is -2.47. The van der Waals surface area contributed by atoms with E-state index in [9.17, 15) is 9.59 Å². The number of aryl methyl sites for hydroxylation is 1. The first-order valence-corrected chi connectivity index (χ1v) is 8.95. The van der Waals surface area contributed by atoms with Gasteiger partial charge in [0.25, 0.3) is 5.91 Å². The second kappa shape index (κ2) is 6.73. The van der Waals surface area contributed by atoms with Gasteiger partial charge in [-0.05, 0) is 19.8 Å². The molecule has 126 valence electrons. The molecule has 1 saturated carbocycles. The Labute approximate surface area is 145 Å². The lowest BCUT2D eigenvalue weighted by Gasteiger charge is -2.22. The maximum Gasteiger partial charge on any atom is 0.281 e. The van der Waals surface area contributed by atoms with Gasteiger partial charge in [-0.25, -0.2) is 4.98 Å². The molecule has 0 saturated heterocycles. The van der Waals surface area contributed by atoms with Crippen LogP contribution in [0.25, 0.3) is 10.6 Å². The zero-order valence-corrected chi connectivity index (χ0v) is 14.7. The molecule has 0 unspecified atom stereocenters. The number of amides is 2. The zero-order chi connectivity index (χ0) is 17.2. The summed E-state index contributed by atoms with van der Waals surface area (Å²) < 4.78 is 0. The molecule has 1 aromatic carbocycles. The molecule has 2 aromatic rings. The Balaban J connectivity index is 1.67. The van der Waals surface area contributed by atoms with E-state index < -0.39 is 0 Å². The number of benzene rings is 1. The summed E-state index contributed by atoms with van der Waals surface area (Å²) in [5.74, 6) is -0.430. The molecule has 0 bridgehead atoms. The van der Waals surface area contributed by atoms with Gasteiger partial charge in [-0.1, -0.05) is 50.1 Å². The van der Waals surface area contributed by atoms with E-state index in [1.165, 1.54) is 11.3 Å². The molecule has 5 nitrogen and oxygen atoms in total. The Morgan fingerprint density at radius 3 is 2.46 bits per heavy atom. The molecule has 1 aliphatic rings. The van der Waals surface area contributed by atoms with Gasteiger partial charge in [-0.3, -0.25) is 20.4 Å². The quantitative estimate of drug-likeness (QED) is 0.839. The monoisotopic (exact) mass is 343 g/mol. The normalized spacial score (nSPS) is 15.9. The summed E-state index contributed by atoms with van der Waals surface area (Å²) in [6, 6.07) is 9.74. The Morgan fingerprint density at radius 2 is 1.79 bits per heavy atom. The van der Waals surface area contributed by atoms with E-state index in [0.717, 1.165) is 36.3 Å². The number of aromatic nitrogens is 1. The molecule has 2 N–H and O–H groups in total. The number of carbonyl (C=O) groups excluding carboxylic acids is 2. The molecule has 0 atom stereocenters. The van der Waals surface area contributed by atoms with Crippen LogP contribution in [-0.2, 0) is 4.79 Å². The highest BCUT2D eigenvalue weighted by molar-refractivity contribution is 7.17. The molecule has 1 heterocycles. The highest BCUT2D eigenvalue weighted by atomic mass is 32.1. The number of nitrogens with one attached hydrogen (secondary N) is 2. The van der Waals surface area contributed by atoms with Crippen LogP contribution >= 0.6 is 11.3 Å².